The van der Waals surface area contributed by atoms with Crippen molar-refractivity contribution >= 4 is 39.7 Å². The summed E-state index contributed by atoms with van der Waals surface area (Å²) in [5.41, 5.74) is 5.86. The molecule has 0 saturated heterocycles. The third-order valence-corrected chi connectivity index (χ3v) is 3.38. The molecule has 2 rings (SSSR count). The maximum atomic E-state index is 12.1. The van der Waals surface area contributed by atoms with E-state index in [2.05, 4.69) is 20.9 Å². The Morgan fingerprint density at radius 1 is 1.37 bits per heavy atom. The van der Waals surface area contributed by atoms with Gasteiger partial charge in [-0.15, -0.1) is 0 Å². The minimum Gasteiger partial charge on any atom is -0.385 e. The molecule has 98 valence electrons. The van der Waals surface area contributed by atoms with Gasteiger partial charge >= 0.3 is 0 Å². The number of nitrogen functional groups attached to an aromatic ring is 1. The van der Waals surface area contributed by atoms with Crippen molar-refractivity contribution < 1.29 is 4.79 Å². The highest BCUT2D eigenvalue weighted by atomic mass is 79.9. The molecule has 0 unspecified atom stereocenters. The number of nitrogens with zero attached hydrogens (tertiary/aromatic N) is 1. The average molecular weight is 340 g/mol. The van der Waals surface area contributed by atoms with Crippen LogP contribution in [0.5, 0.6) is 0 Å². The molecule has 0 spiro atoms. The Balaban J connectivity index is 2.32. The van der Waals surface area contributed by atoms with E-state index in [0.29, 0.717) is 5.56 Å². The van der Waals surface area contributed by atoms with E-state index in [1.165, 1.54) is 10.6 Å². The number of hydrogen-bond acceptors (Lipinski definition) is 4. The standard InChI is InChI=1S/C12H10BrN3O2S/c13-8-3-1-7(2-4-8)9(17)6-16-10(14)5-11(18)15-12(16)19/h1-5H,6,14H2,(H,15,18,19). The minimum atomic E-state index is -0.380. The van der Waals surface area contributed by atoms with Gasteiger partial charge in [0.2, 0.25) is 0 Å². The van der Waals surface area contributed by atoms with Gasteiger partial charge in [0, 0.05) is 16.1 Å². The highest BCUT2D eigenvalue weighted by Crippen LogP contribution is 2.12. The maximum Gasteiger partial charge on any atom is 0.253 e. The molecule has 0 amide bonds. The van der Waals surface area contributed by atoms with E-state index in [-0.39, 0.29) is 28.5 Å². The van der Waals surface area contributed by atoms with Crippen LogP contribution in [-0.2, 0) is 6.54 Å². The molecule has 1 aromatic heterocycles. The van der Waals surface area contributed by atoms with E-state index in [1.54, 1.807) is 24.3 Å². The fourth-order valence-corrected chi connectivity index (χ4v) is 2.11. The zero-order chi connectivity index (χ0) is 14.0. The first-order valence-corrected chi connectivity index (χ1v) is 6.56. The smallest absolute Gasteiger partial charge is 0.253 e. The first kappa shape index (κ1) is 13.7. The summed E-state index contributed by atoms with van der Waals surface area (Å²) < 4.78 is 2.42. The Bertz CT molecular complexity index is 734. The van der Waals surface area contributed by atoms with Gasteiger partial charge in [-0.1, -0.05) is 28.1 Å². The zero-order valence-electron chi connectivity index (χ0n) is 9.72. The van der Waals surface area contributed by atoms with Gasteiger partial charge in [-0.25, -0.2) is 0 Å². The molecule has 2 aromatic rings. The highest BCUT2D eigenvalue weighted by Gasteiger charge is 2.09. The summed E-state index contributed by atoms with van der Waals surface area (Å²) >= 11 is 8.28. The van der Waals surface area contributed by atoms with Gasteiger partial charge in [0.05, 0.1) is 6.54 Å². The lowest BCUT2D eigenvalue weighted by molar-refractivity contribution is 0.0971. The third kappa shape index (κ3) is 3.18. The van der Waals surface area contributed by atoms with Gasteiger partial charge in [0.15, 0.2) is 10.6 Å². The Kier molecular flexibility index (Phi) is 3.96. The largest absolute Gasteiger partial charge is 0.385 e. The third-order valence-electron chi connectivity index (χ3n) is 2.53. The molecule has 0 aliphatic heterocycles. The van der Waals surface area contributed by atoms with E-state index < -0.39 is 0 Å². The molecule has 5 nitrogen and oxygen atoms in total. The number of benzene rings is 1. The van der Waals surface area contributed by atoms with Crippen LogP contribution in [0.2, 0.25) is 0 Å². The Labute approximate surface area is 122 Å². The van der Waals surface area contributed by atoms with Crippen LogP contribution in [0.15, 0.2) is 39.6 Å². The molecule has 0 saturated carbocycles. The number of aromatic amines is 1. The monoisotopic (exact) mass is 339 g/mol. The molecule has 3 N–H and O–H groups in total. The van der Waals surface area contributed by atoms with E-state index in [1.807, 2.05) is 0 Å². The molecular formula is C12H10BrN3O2S. The SMILES string of the molecule is Nc1cc(=O)[nH]c(=S)n1CC(=O)c1ccc(Br)cc1. The van der Waals surface area contributed by atoms with Gasteiger partial charge in [0.1, 0.15) is 5.82 Å². The second kappa shape index (κ2) is 5.50. The number of anilines is 1. The average Bonchev–Trinajstić information content (AvgIpc) is 2.34. The van der Waals surface area contributed by atoms with Gasteiger partial charge in [-0.05, 0) is 24.4 Å². The Hall–Kier alpha value is -1.73. The van der Waals surface area contributed by atoms with Crippen LogP contribution in [0.4, 0.5) is 5.82 Å². The number of hydrogen-bond donors (Lipinski definition) is 2. The van der Waals surface area contributed by atoms with Crippen LogP contribution in [0.25, 0.3) is 0 Å². The summed E-state index contributed by atoms with van der Waals surface area (Å²) in [5, 5.41) is 0. The molecule has 19 heavy (non-hydrogen) atoms. The molecule has 1 aromatic carbocycles. The summed E-state index contributed by atoms with van der Waals surface area (Å²) in [4.78, 5) is 25.7. The van der Waals surface area contributed by atoms with Gasteiger partial charge in [-0.3, -0.25) is 19.1 Å². The number of Topliss-reactive ketones (excluding diaryl/α,β-unsaturated/α-hetero) is 1. The van der Waals surface area contributed by atoms with E-state index >= 15 is 0 Å². The predicted molar refractivity (Wildman–Crippen MR) is 78.8 cm³/mol. The number of nitrogens with one attached hydrogen (secondary N) is 1. The summed E-state index contributed by atoms with van der Waals surface area (Å²) in [5.74, 6) is 0.0292. The summed E-state index contributed by atoms with van der Waals surface area (Å²) in [6.45, 7) is -0.0108. The normalized spacial score (nSPS) is 10.4. The quantitative estimate of drug-likeness (QED) is 0.663. The van der Waals surface area contributed by atoms with Crippen LogP contribution >= 0.6 is 28.1 Å². The number of nitrogens with two attached hydrogens (primary N) is 1. The van der Waals surface area contributed by atoms with Crippen molar-refractivity contribution in [3.8, 4) is 0 Å². The first-order valence-electron chi connectivity index (χ1n) is 5.36. The van der Waals surface area contributed by atoms with Crippen LogP contribution in [0.1, 0.15) is 10.4 Å². The van der Waals surface area contributed by atoms with Crippen LogP contribution in [-0.4, -0.2) is 15.3 Å². The number of halogens is 1. The van der Waals surface area contributed by atoms with Crippen LogP contribution in [0, 0.1) is 4.77 Å². The number of rotatable bonds is 3. The number of ketones is 1. The Morgan fingerprint density at radius 2 is 2.00 bits per heavy atom. The molecule has 0 fully saturated rings. The topological polar surface area (TPSA) is 80.9 Å². The van der Waals surface area contributed by atoms with E-state index in [4.69, 9.17) is 18.0 Å². The fourth-order valence-electron chi connectivity index (χ4n) is 1.57. The van der Waals surface area contributed by atoms with Crippen LogP contribution in [0.3, 0.4) is 0 Å². The lowest BCUT2D eigenvalue weighted by atomic mass is 10.1. The fraction of sp³-hybridized carbons (Fsp3) is 0.0833. The second-order valence-electron chi connectivity index (χ2n) is 3.88. The number of H-pyrrole nitrogens is 1. The van der Waals surface area contributed by atoms with Crippen molar-refractivity contribution in [1.82, 2.24) is 9.55 Å². The van der Waals surface area contributed by atoms with Crippen molar-refractivity contribution in [3.05, 3.63) is 55.5 Å². The highest BCUT2D eigenvalue weighted by molar-refractivity contribution is 9.10. The van der Waals surface area contributed by atoms with E-state index in [9.17, 15) is 9.59 Å². The second-order valence-corrected chi connectivity index (χ2v) is 5.18. The maximum absolute atomic E-state index is 12.1. The lowest BCUT2D eigenvalue weighted by Gasteiger charge is -2.09. The van der Waals surface area contributed by atoms with Gasteiger partial charge < -0.3 is 5.73 Å². The molecule has 0 aliphatic carbocycles. The number of carbonyl (C=O) groups is 1. The summed E-state index contributed by atoms with van der Waals surface area (Å²) in [6.07, 6.45) is 0. The molecular weight excluding hydrogens is 330 g/mol. The first-order chi connectivity index (χ1) is 8.97. The summed E-state index contributed by atoms with van der Waals surface area (Å²) in [7, 11) is 0. The van der Waals surface area contributed by atoms with Crippen LogP contribution < -0.4 is 11.3 Å². The van der Waals surface area contributed by atoms with Gasteiger partial charge in [-0.2, -0.15) is 0 Å². The van der Waals surface area contributed by atoms with Gasteiger partial charge in [0.25, 0.3) is 5.56 Å². The molecule has 0 bridgehead atoms. The predicted octanol–water partition coefficient (Wildman–Crippen LogP) is 2.13. The molecule has 0 radical (unpaired) electrons. The Morgan fingerprint density at radius 3 is 2.58 bits per heavy atom. The van der Waals surface area contributed by atoms with E-state index in [0.717, 1.165) is 4.47 Å². The molecule has 0 aliphatic rings. The number of aromatic nitrogens is 2. The number of carbonyl (C=O) groups excluding carboxylic acids is 1. The zero-order valence-corrected chi connectivity index (χ0v) is 12.1. The van der Waals surface area contributed by atoms with Crippen molar-refractivity contribution in [2.45, 2.75) is 6.54 Å². The van der Waals surface area contributed by atoms with Crippen molar-refractivity contribution in [1.29, 1.82) is 0 Å². The molecule has 7 heteroatoms. The lowest BCUT2D eigenvalue weighted by Crippen LogP contribution is -2.20. The molecule has 1 heterocycles. The molecule has 0 atom stereocenters. The van der Waals surface area contributed by atoms with Crippen molar-refractivity contribution in [3.63, 3.8) is 0 Å². The summed E-state index contributed by atoms with van der Waals surface area (Å²) in [6, 6.07) is 8.17. The minimum absolute atomic E-state index is 0.0108. The van der Waals surface area contributed by atoms with Crippen molar-refractivity contribution in [2.75, 3.05) is 5.73 Å². The van der Waals surface area contributed by atoms with Crippen molar-refractivity contribution in [2.24, 2.45) is 0 Å².